The van der Waals surface area contributed by atoms with Gasteiger partial charge in [-0.25, -0.2) is 4.98 Å². The zero-order valence-corrected chi connectivity index (χ0v) is 11.1. The van der Waals surface area contributed by atoms with Gasteiger partial charge in [-0.3, -0.25) is 4.79 Å². The molecule has 0 spiro atoms. The molecule has 0 saturated carbocycles. The number of alkyl halides is 3. The van der Waals surface area contributed by atoms with Crippen LogP contribution >= 0.6 is 0 Å². The number of rotatable bonds is 3. The Bertz CT molecular complexity index is 797. The Balaban J connectivity index is 2.38. The van der Waals surface area contributed by atoms with E-state index in [9.17, 15) is 26.4 Å². The number of hydrogen-bond acceptors (Lipinski definition) is 6. The van der Waals surface area contributed by atoms with E-state index in [4.69, 9.17) is 4.42 Å². The minimum Gasteiger partial charge on any atom is -0.449 e. The molecular formula is C10H7F3N2O5S. The molecule has 0 atom stereocenters. The first-order valence-corrected chi connectivity index (χ1v) is 6.67. The monoisotopic (exact) mass is 324 g/mol. The summed E-state index contributed by atoms with van der Waals surface area (Å²) in [6.45, 7) is 0. The summed E-state index contributed by atoms with van der Waals surface area (Å²) < 4.78 is 67.2. The lowest BCUT2D eigenvalue weighted by atomic mass is 10.3. The summed E-state index contributed by atoms with van der Waals surface area (Å²) in [6, 6.07) is 2.12. The number of carbonyl (C=O) groups is 1. The minimum absolute atomic E-state index is 0.0883. The van der Waals surface area contributed by atoms with Crippen LogP contribution in [-0.4, -0.2) is 31.9 Å². The van der Waals surface area contributed by atoms with E-state index in [-0.39, 0.29) is 16.7 Å². The first-order valence-electron chi connectivity index (χ1n) is 5.26. The molecular weight excluding hydrogens is 317 g/mol. The summed E-state index contributed by atoms with van der Waals surface area (Å²) in [6.07, 6.45) is 0.947. The number of carbonyl (C=O) groups excluding carboxylic acids is 1. The summed E-state index contributed by atoms with van der Waals surface area (Å²) in [5, 5.41) is 2.45. The zero-order chi connectivity index (χ0) is 15.8. The lowest BCUT2D eigenvalue weighted by Crippen LogP contribution is -2.28. The van der Waals surface area contributed by atoms with Crippen molar-refractivity contribution in [2.75, 3.05) is 7.05 Å². The van der Waals surface area contributed by atoms with Gasteiger partial charge in [0.15, 0.2) is 11.3 Å². The van der Waals surface area contributed by atoms with Crippen molar-refractivity contribution in [2.45, 2.75) is 5.51 Å². The van der Waals surface area contributed by atoms with Gasteiger partial charge in [0.25, 0.3) is 5.91 Å². The molecule has 0 saturated heterocycles. The quantitative estimate of drug-likeness (QED) is 0.677. The lowest BCUT2D eigenvalue weighted by molar-refractivity contribution is -0.0501. The van der Waals surface area contributed by atoms with E-state index in [0.29, 0.717) is 0 Å². The van der Waals surface area contributed by atoms with Gasteiger partial charge < -0.3 is 13.9 Å². The van der Waals surface area contributed by atoms with Crippen molar-refractivity contribution >= 4 is 27.0 Å². The van der Waals surface area contributed by atoms with Crippen LogP contribution in [0.25, 0.3) is 11.0 Å². The van der Waals surface area contributed by atoms with Gasteiger partial charge in [0.05, 0.1) is 6.20 Å². The number of nitrogens with zero attached hydrogens (tertiary/aromatic N) is 1. The average molecular weight is 324 g/mol. The fourth-order valence-corrected chi connectivity index (χ4v) is 1.78. The number of fused-ring (bicyclic) bond motifs is 1. The van der Waals surface area contributed by atoms with Crippen molar-refractivity contribution in [3.8, 4) is 5.88 Å². The van der Waals surface area contributed by atoms with Crippen molar-refractivity contribution in [2.24, 2.45) is 0 Å². The molecule has 0 fully saturated rings. The Morgan fingerprint density at radius 1 is 1.38 bits per heavy atom. The fraction of sp³-hybridized carbons (Fsp3) is 0.200. The third kappa shape index (κ3) is 2.91. The fourth-order valence-electron chi connectivity index (χ4n) is 1.37. The highest BCUT2D eigenvalue weighted by Crippen LogP contribution is 2.28. The standard InChI is InChI=1S/C10H7F3N2O5S/c1-14-9(16)6-2-5-3-8(15-4-7(5)19-6)20-21(17,18)10(11,12)13/h2-4H,1H3,(H,14,16). The van der Waals surface area contributed by atoms with Crippen molar-refractivity contribution in [1.29, 1.82) is 0 Å². The van der Waals surface area contributed by atoms with Crippen LogP contribution in [0.5, 0.6) is 5.88 Å². The minimum atomic E-state index is -5.81. The molecule has 2 rings (SSSR count). The molecule has 1 amide bonds. The number of halogens is 3. The topological polar surface area (TPSA) is 98.5 Å². The molecule has 2 heterocycles. The Kier molecular flexibility index (Phi) is 3.53. The van der Waals surface area contributed by atoms with Gasteiger partial charge in [0.1, 0.15) is 0 Å². The summed E-state index contributed by atoms with van der Waals surface area (Å²) in [4.78, 5) is 14.7. The van der Waals surface area contributed by atoms with Gasteiger partial charge in [0.2, 0.25) is 5.88 Å². The lowest BCUT2D eigenvalue weighted by Gasteiger charge is -2.07. The molecule has 114 valence electrons. The third-order valence-corrected chi connectivity index (χ3v) is 3.27. The predicted molar refractivity (Wildman–Crippen MR) is 63.0 cm³/mol. The highest BCUT2D eigenvalue weighted by molar-refractivity contribution is 7.87. The van der Waals surface area contributed by atoms with Crippen LogP contribution in [0.2, 0.25) is 0 Å². The first kappa shape index (κ1) is 15.1. The van der Waals surface area contributed by atoms with E-state index in [2.05, 4.69) is 14.5 Å². The summed E-state index contributed by atoms with van der Waals surface area (Å²) >= 11 is 0. The second kappa shape index (κ2) is 4.91. The molecule has 2 aromatic rings. The van der Waals surface area contributed by atoms with Gasteiger partial charge in [-0.15, -0.1) is 0 Å². The van der Waals surface area contributed by atoms with Gasteiger partial charge in [-0.05, 0) is 6.07 Å². The highest BCUT2D eigenvalue weighted by atomic mass is 32.2. The van der Waals surface area contributed by atoms with Crippen LogP contribution < -0.4 is 9.50 Å². The third-order valence-electron chi connectivity index (χ3n) is 2.31. The predicted octanol–water partition coefficient (Wildman–Crippen LogP) is 1.42. The summed E-state index contributed by atoms with van der Waals surface area (Å²) in [7, 11) is -4.45. The second-order valence-corrected chi connectivity index (χ2v) is 5.27. The van der Waals surface area contributed by atoms with Crippen LogP contribution in [-0.2, 0) is 10.1 Å². The molecule has 2 aromatic heterocycles. The van der Waals surface area contributed by atoms with Crippen LogP contribution in [0.4, 0.5) is 13.2 Å². The van der Waals surface area contributed by atoms with Crippen molar-refractivity contribution in [1.82, 2.24) is 10.3 Å². The smallest absolute Gasteiger partial charge is 0.449 e. The molecule has 0 aliphatic carbocycles. The van der Waals surface area contributed by atoms with Crippen LogP contribution in [0.15, 0.2) is 22.7 Å². The van der Waals surface area contributed by atoms with E-state index in [1.54, 1.807) is 0 Å². The molecule has 7 nitrogen and oxygen atoms in total. The molecule has 0 aliphatic rings. The Hall–Kier alpha value is -2.30. The maximum absolute atomic E-state index is 12.2. The largest absolute Gasteiger partial charge is 0.534 e. The van der Waals surface area contributed by atoms with Crippen molar-refractivity contribution < 1.29 is 35.0 Å². The molecule has 11 heteroatoms. The van der Waals surface area contributed by atoms with E-state index < -0.39 is 27.4 Å². The van der Waals surface area contributed by atoms with E-state index in [1.807, 2.05) is 0 Å². The SMILES string of the molecule is CNC(=O)c1cc2cc(OS(=O)(=O)C(F)(F)F)ncc2o1. The molecule has 0 aromatic carbocycles. The van der Waals surface area contributed by atoms with E-state index in [1.165, 1.54) is 13.1 Å². The number of aromatic nitrogens is 1. The number of pyridine rings is 1. The molecule has 0 unspecified atom stereocenters. The molecule has 0 aliphatic heterocycles. The Labute approximate surface area is 115 Å². The maximum atomic E-state index is 12.2. The number of hydrogen-bond donors (Lipinski definition) is 1. The number of furan rings is 1. The first-order chi connectivity index (χ1) is 9.64. The van der Waals surface area contributed by atoms with Crippen LogP contribution in [0, 0.1) is 0 Å². The number of amides is 1. The van der Waals surface area contributed by atoms with Gasteiger partial charge in [0, 0.05) is 18.5 Å². The molecule has 1 N–H and O–H groups in total. The molecule has 0 radical (unpaired) electrons. The summed E-state index contributed by atoms with van der Waals surface area (Å²) in [5.41, 5.74) is -5.47. The molecule has 0 bridgehead atoms. The van der Waals surface area contributed by atoms with Gasteiger partial charge >= 0.3 is 15.6 Å². The van der Waals surface area contributed by atoms with Crippen LogP contribution in [0.1, 0.15) is 10.6 Å². The summed E-state index contributed by atoms with van der Waals surface area (Å²) in [5.74, 6) is -1.45. The van der Waals surface area contributed by atoms with Crippen molar-refractivity contribution in [3.63, 3.8) is 0 Å². The van der Waals surface area contributed by atoms with Crippen LogP contribution in [0.3, 0.4) is 0 Å². The van der Waals surface area contributed by atoms with E-state index in [0.717, 1.165) is 12.3 Å². The van der Waals surface area contributed by atoms with Gasteiger partial charge in [-0.2, -0.15) is 21.6 Å². The Morgan fingerprint density at radius 2 is 2.05 bits per heavy atom. The second-order valence-electron chi connectivity index (χ2n) is 3.73. The highest BCUT2D eigenvalue weighted by Gasteiger charge is 2.48. The van der Waals surface area contributed by atoms with Gasteiger partial charge in [-0.1, -0.05) is 0 Å². The normalized spacial score (nSPS) is 12.4. The maximum Gasteiger partial charge on any atom is 0.534 e. The number of nitrogens with one attached hydrogen (secondary N) is 1. The molecule has 21 heavy (non-hydrogen) atoms. The van der Waals surface area contributed by atoms with Crippen molar-refractivity contribution in [3.05, 3.63) is 24.1 Å². The van der Waals surface area contributed by atoms with E-state index >= 15 is 0 Å². The zero-order valence-electron chi connectivity index (χ0n) is 10.3. The Morgan fingerprint density at radius 3 is 2.62 bits per heavy atom. The average Bonchev–Trinajstić information content (AvgIpc) is 2.79.